The highest BCUT2D eigenvalue weighted by atomic mass is 32.1. The molecule has 0 spiro atoms. The highest BCUT2D eigenvalue weighted by Crippen LogP contribution is 2.21. The smallest absolute Gasteiger partial charge is 0.227 e. The Balaban J connectivity index is 1.73. The maximum absolute atomic E-state index is 12.8. The van der Waals surface area contributed by atoms with E-state index in [2.05, 4.69) is 16.3 Å². The summed E-state index contributed by atoms with van der Waals surface area (Å²) >= 11 is 1.71. The molecule has 0 unspecified atom stereocenters. The first kappa shape index (κ1) is 15.3. The van der Waals surface area contributed by atoms with Gasteiger partial charge in [-0.1, -0.05) is 36.4 Å². The van der Waals surface area contributed by atoms with Gasteiger partial charge in [0.15, 0.2) is 0 Å². The fourth-order valence-corrected chi connectivity index (χ4v) is 3.56. The summed E-state index contributed by atoms with van der Waals surface area (Å²) in [7, 11) is 0. The van der Waals surface area contributed by atoms with Crippen molar-refractivity contribution in [3.8, 4) is 0 Å². The zero-order valence-corrected chi connectivity index (χ0v) is 13.4. The molecule has 1 saturated heterocycles. The van der Waals surface area contributed by atoms with Crippen molar-refractivity contribution in [3.05, 3.63) is 58.3 Å². The molecule has 1 aliphatic heterocycles. The van der Waals surface area contributed by atoms with E-state index < -0.39 is 0 Å². The van der Waals surface area contributed by atoms with Gasteiger partial charge >= 0.3 is 0 Å². The molecule has 0 radical (unpaired) electrons. The standard InChI is InChI=1S/C18H21NO2S/c20-18(13-15-5-2-1-3-6-15)19(14-17-7-4-12-22-17)16-8-10-21-11-9-16/h1-7,12,16H,8-11,13-14H2. The Bertz CT molecular complexity index is 576. The summed E-state index contributed by atoms with van der Waals surface area (Å²) in [5, 5.41) is 2.07. The van der Waals surface area contributed by atoms with Crippen LogP contribution in [0, 0.1) is 0 Å². The van der Waals surface area contributed by atoms with Crippen LogP contribution in [0.4, 0.5) is 0 Å². The van der Waals surface area contributed by atoms with Gasteiger partial charge in [0.05, 0.1) is 13.0 Å². The molecule has 2 aromatic rings. The van der Waals surface area contributed by atoms with Crippen LogP contribution in [0.25, 0.3) is 0 Å². The lowest BCUT2D eigenvalue weighted by atomic mass is 10.0. The van der Waals surface area contributed by atoms with Gasteiger partial charge in [0.25, 0.3) is 0 Å². The van der Waals surface area contributed by atoms with Gasteiger partial charge < -0.3 is 9.64 Å². The zero-order chi connectivity index (χ0) is 15.2. The van der Waals surface area contributed by atoms with Crippen LogP contribution >= 0.6 is 11.3 Å². The number of hydrogen-bond acceptors (Lipinski definition) is 3. The molecule has 4 heteroatoms. The predicted molar refractivity (Wildman–Crippen MR) is 88.9 cm³/mol. The molecule has 1 amide bonds. The summed E-state index contributed by atoms with van der Waals surface area (Å²) in [6.45, 7) is 2.22. The normalized spacial score (nSPS) is 15.6. The summed E-state index contributed by atoms with van der Waals surface area (Å²) in [5.41, 5.74) is 1.08. The first-order valence-corrected chi connectivity index (χ1v) is 8.64. The number of thiophene rings is 1. The average Bonchev–Trinajstić information content (AvgIpc) is 3.07. The number of amides is 1. The zero-order valence-electron chi connectivity index (χ0n) is 12.6. The van der Waals surface area contributed by atoms with E-state index >= 15 is 0 Å². The maximum atomic E-state index is 12.8. The van der Waals surface area contributed by atoms with Gasteiger partial charge in [0.1, 0.15) is 0 Å². The number of benzene rings is 1. The minimum atomic E-state index is 0.214. The Labute approximate surface area is 135 Å². The Morgan fingerprint density at radius 2 is 1.91 bits per heavy atom. The molecule has 22 heavy (non-hydrogen) atoms. The van der Waals surface area contributed by atoms with Gasteiger partial charge in [0.2, 0.25) is 5.91 Å². The molecule has 3 nitrogen and oxygen atoms in total. The van der Waals surface area contributed by atoms with Crippen molar-refractivity contribution < 1.29 is 9.53 Å². The van der Waals surface area contributed by atoms with Crippen molar-refractivity contribution in [3.63, 3.8) is 0 Å². The van der Waals surface area contributed by atoms with Crippen LogP contribution in [-0.2, 0) is 22.5 Å². The quantitative estimate of drug-likeness (QED) is 0.845. The third-order valence-corrected chi connectivity index (χ3v) is 4.92. The van der Waals surface area contributed by atoms with Crippen molar-refractivity contribution in [2.45, 2.75) is 31.8 Å². The number of rotatable bonds is 5. The summed E-state index contributed by atoms with van der Waals surface area (Å²) in [4.78, 5) is 16.1. The van der Waals surface area contributed by atoms with Gasteiger partial charge in [-0.2, -0.15) is 0 Å². The summed E-state index contributed by atoms with van der Waals surface area (Å²) in [6.07, 6.45) is 2.35. The van der Waals surface area contributed by atoms with Crippen LogP contribution in [0.1, 0.15) is 23.3 Å². The van der Waals surface area contributed by atoms with Crippen LogP contribution in [0.3, 0.4) is 0 Å². The van der Waals surface area contributed by atoms with E-state index in [0.717, 1.165) is 31.6 Å². The van der Waals surface area contributed by atoms with E-state index in [1.807, 2.05) is 36.4 Å². The fourth-order valence-electron chi connectivity index (χ4n) is 2.86. The fraction of sp³-hybridized carbons (Fsp3) is 0.389. The Morgan fingerprint density at radius 1 is 1.14 bits per heavy atom. The number of carbonyl (C=O) groups excluding carboxylic acids is 1. The van der Waals surface area contributed by atoms with Gasteiger partial charge in [-0.05, 0) is 29.9 Å². The second kappa shape index (κ2) is 7.56. The Kier molecular flexibility index (Phi) is 5.24. The Hall–Kier alpha value is -1.65. The SMILES string of the molecule is O=C(Cc1ccccc1)N(Cc1cccs1)C1CCOCC1. The van der Waals surface area contributed by atoms with Crippen molar-refractivity contribution in [1.29, 1.82) is 0 Å². The lowest BCUT2D eigenvalue weighted by Crippen LogP contribution is -2.43. The van der Waals surface area contributed by atoms with Crippen LogP contribution in [0.15, 0.2) is 47.8 Å². The summed E-state index contributed by atoms with van der Waals surface area (Å²) < 4.78 is 5.45. The van der Waals surface area contributed by atoms with Crippen molar-refractivity contribution in [2.24, 2.45) is 0 Å². The molecule has 3 rings (SSSR count). The molecule has 0 bridgehead atoms. The van der Waals surface area contributed by atoms with Crippen molar-refractivity contribution >= 4 is 17.2 Å². The van der Waals surface area contributed by atoms with Crippen molar-refractivity contribution in [1.82, 2.24) is 4.90 Å². The monoisotopic (exact) mass is 315 g/mol. The third kappa shape index (κ3) is 3.96. The van der Waals surface area contributed by atoms with E-state index in [4.69, 9.17) is 4.74 Å². The molecule has 2 heterocycles. The minimum Gasteiger partial charge on any atom is -0.381 e. The Morgan fingerprint density at radius 3 is 2.59 bits per heavy atom. The molecule has 1 aromatic carbocycles. The van der Waals surface area contributed by atoms with E-state index in [1.165, 1.54) is 4.88 Å². The summed E-state index contributed by atoms with van der Waals surface area (Å²) in [5.74, 6) is 0.214. The van der Waals surface area contributed by atoms with Crippen LogP contribution in [0.2, 0.25) is 0 Å². The molecule has 1 fully saturated rings. The first-order chi connectivity index (χ1) is 10.8. The largest absolute Gasteiger partial charge is 0.381 e. The number of carbonyl (C=O) groups is 1. The minimum absolute atomic E-state index is 0.214. The molecule has 0 N–H and O–H groups in total. The van der Waals surface area contributed by atoms with E-state index in [9.17, 15) is 4.79 Å². The predicted octanol–water partition coefficient (Wildman–Crippen LogP) is 3.50. The molecular weight excluding hydrogens is 294 g/mol. The molecule has 1 aliphatic rings. The summed E-state index contributed by atoms with van der Waals surface area (Å²) in [6, 6.07) is 14.4. The van der Waals surface area contributed by atoms with Gasteiger partial charge in [0, 0.05) is 24.1 Å². The number of hydrogen-bond donors (Lipinski definition) is 0. The average molecular weight is 315 g/mol. The van der Waals surface area contributed by atoms with E-state index in [0.29, 0.717) is 19.0 Å². The molecule has 0 atom stereocenters. The van der Waals surface area contributed by atoms with Crippen LogP contribution in [0.5, 0.6) is 0 Å². The third-order valence-electron chi connectivity index (χ3n) is 4.06. The second-order valence-electron chi connectivity index (χ2n) is 5.61. The lowest BCUT2D eigenvalue weighted by molar-refractivity contribution is -0.135. The van der Waals surface area contributed by atoms with E-state index in [1.54, 1.807) is 11.3 Å². The van der Waals surface area contributed by atoms with Gasteiger partial charge in [-0.3, -0.25) is 4.79 Å². The van der Waals surface area contributed by atoms with E-state index in [-0.39, 0.29) is 5.91 Å². The lowest BCUT2D eigenvalue weighted by Gasteiger charge is -2.34. The second-order valence-corrected chi connectivity index (χ2v) is 6.64. The van der Waals surface area contributed by atoms with Crippen LogP contribution < -0.4 is 0 Å². The number of nitrogens with zero attached hydrogens (tertiary/aromatic N) is 1. The van der Waals surface area contributed by atoms with Crippen molar-refractivity contribution in [2.75, 3.05) is 13.2 Å². The first-order valence-electron chi connectivity index (χ1n) is 7.76. The molecule has 1 aromatic heterocycles. The molecule has 116 valence electrons. The highest BCUT2D eigenvalue weighted by molar-refractivity contribution is 7.09. The number of ether oxygens (including phenoxy) is 1. The topological polar surface area (TPSA) is 29.5 Å². The van der Waals surface area contributed by atoms with Gasteiger partial charge in [-0.15, -0.1) is 11.3 Å². The van der Waals surface area contributed by atoms with Gasteiger partial charge in [-0.25, -0.2) is 0 Å². The van der Waals surface area contributed by atoms with Crippen LogP contribution in [-0.4, -0.2) is 30.1 Å². The molecule has 0 saturated carbocycles. The maximum Gasteiger partial charge on any atom is 0.227 e. The molecule has 0 aliphatic carbocycles. The molecular formula is C18H21NO2S. The highest BCUT2D eigenvalue weighted by Gasteiger charge is 2.26.